The van der Waals surface area contributed by atoms with Crippen LogP contribution < -0.4 is 5.32 Å². The van der Waals surface area contributed by atoms with E-state index in [2.05, 4.69) is 15.5 Å². The van der Waals surface area contributed by atoms with Gasteiger partial charge in [-0.2, -0.15) is 5.10 Å². The summed E-state index contributed by atoms with van der Waals surface area (Å²) in [7, 11) is 0. The summed E-state index contributed by atoms with van der Waals surface area (Å²) in [4.78, 5) is 14.9. The number of phenolic OH excluding ortho intramolecular Hbond substituents is 1. The Kier molecular flexibility index (Phi) is 4.19. The third kappa shape index (κ3) is 2.99. The first-order valence-electron chi connectivity index (χ1n) is 10.0. The SMILES string of the molecule is O=C(c1cc2c(NC3CCCCC3)n[nH]c2cc1O)N1Cc2ccccc2C1. The molecule has 0 saturated heterocycles. The Morgan fingerprint density at radius 1 is 1.11 bits per heavy atom. The van der Waals surface area contributed by atoms with E-state index < -0.39 is 0 Å². The lowest BCUT2D eigenvalue weighted by Crippen LogP contribution is -2.25. The van der Waals surface area contributed by atoms with Crippen LogP contribution in [-0.2, 0) is 13.1 Å². The number of rotatable bonds is 3. The van der Waals surface area contributed by atoms with Crippen molar-refractivity contribution in [3.63, 3.8) is 0 Å². The number of carbonyl (C=O) groups is 1. The van der Waals surface area contributed by atoms with Gasteiger partial charge in [0.05, 0.1) is 11.1 Å². The second kappa shape index (κ2) is 6.86. The topological polar surface area (TPSA) is 81.2 Å². The monoisotopic (exact) mass is 376 g/mol. The molecule has 0 atom stereocenters. The number of hydrogen-bond acceptors (Lipinski definition) is 4. The number of nitrogens with zero attached hydrogens (tertiary/aromatic N) is 2. The Labute approximate surface area is 163 Å². The van der Waals surface area contributed by atoms with E-state index in [0.29, 0.717) is 24.7 Å². The number of aromatic amines is 1. The van der Waals surface area contributed by atoms with Crippen molar-refractivity contribution in [3.8, 4) is 5.75 Å². The summed E-state index contributed by atoms with van der Waals surface area (Å²) in [6.45, 7) is 1.15. The van der Waals surface area contributed by atoms with Gasteiger partial charge in [0, 0.05) is 30.6 Å². The second-order valence-electron chi connectivity index (χ2n) is 7.90. The molecule has 0 unspecified atom stereocenters. The van der Waals surface area contributed by atoms with Gasteiger partial charge < -0.3 is 15.3 Å². The number of carbonyl (C=O) groups excluding carboxylic acids is 1. The first-order chi connectivity index (χ1) is 13.7. The van der Waals surface area contributed by atoms with Gasteiger partial charge in [-0.25, -0.2) is 0 Å². The number of hydrogen-bond donors (Lipinski definition) is 3. The normalized spacial score (nSPS) is 17.1. The summed E-state index contributed by atoms with van der Waals surface area (Å²) in [6, 6.07) is 11.9. The van der Waals surface area contributed by atoms with E-state index in [-0.39, 0.29) is 11.7 Å². The van der Waals surface area contributed by atoms with Gasteiger partial charge in [-0.3, -0.25) is 9.89 Å². The van der Waals surface area contributed by atoms with E-state index in [1.807, 2.05) is 24.3 Å². The van der Waals surface area contributed by atoms with Crippen LogP contribution in [0.1, 0.15) is 53.6 Å². The van der Waals surface area contributed by atoms with Gasteiger partial charge in [0.25, 0.3) is 5.91 Å². The summed E-state index contributed by atoms with van der Waals surface area (Å²) in [5, 5.41) is 22.2. The van der Waals surface area contributed by atoms with Crippen LogP contribution in [0.2, 0.25) is 0 Å². The number of nitrogens with one attached hydrogen (secondary N) is 2. The van der Waals surface area contributed by atoms with Crippen molar-refractivity contribution in [1.29, 1.82) is 0 Å². The van der Waals surface area contributed by atoms with Crippen molar-refractivity contribution in [2.45, 2.75) is 51.2 Å². The molecule has 144 valence electrons. The lowest BCUT2D eigenvalue weighted by Gasteiger charge is -2.22. The molecule has 1 fully saturated rings. The molecular formula is C22H24N4O2. The Morgan fingerprint density at radius 3 is 2.54 bits per heavy atom. The fourth-order valence-electron chi connectivity index (χ4n) is 4.42. The zero-order valence-electron chi connectivity index (χ0n) is 15.7. The third-order valence-corrected chi connectivity index (χ3v) is 5.98. The summed E-state index contributed by atoms with van der Waals surface area (Å²) >= 11 is 0. The molecule has 6 heteroatoms. The molecule has 6 nitrogen and oxygen atoms in total. The number of aromatic nitrogens is 2. The fourth-order valence-corrected chi connectivity index (χ4v) is 4.42. The van der Waals surface area contributed by atoms with E-state index >= 15 is 0 Å². The molecule has 2 aromatic carbocycles. The molecule has 2 aliphatic rings. The smallest absolute Gasteiger partial charge is 0.258 e. The molecule has 1 aliphatic heterocycles. The summed E-state index contributed by atoms with van der Waals surface area (Å²) in [5.74, 6) is 0.599. The highest BCUT2D eigenvalue weighted by Gasteiger charge is 2.27. The Hall–Kier alpha value is -3.02. The average molecular weight is 376 g/mol. The molecule has 0 spiro atoms. The number of anilines is 1. The van der Waals surface area contributed by atoms with Gasteiger partial charge in [-0.15, -0.1) is 0 Å². The maximum absolute atomic E-state index is 13.1. The lowest BCUT2D eigenvalue weighted by molar-refractivity contribution is 0.0748. The Morgan fingerprint density at radius 2 is 1.82 bits per heavy atom. The number of H-pyrrole nitrogens is 1. The van der Waals surface area contributed by atoms with Crippen LogP contribution in [0.4, 0.5) is 5.82 Å². The van der Waals surface area contributed by atoms with E-state index in [0.717, 1.165) is 29.6 Å². The van der Waals surface area contributed by atoms with Crippen molar-refractivity contribution in [2.75, 3.05) is 5.32 Å². The molecule has 3 N–H and O–H groups in total. The van der Waals surface area contributed by atoms with Gasteiger partial charge >= 0.3 is 0 Å². The van der Waals surface area contributed by atoms with Crippen molar-refractivity contribution >= 4 is 22.6 Å². The second-order valence-corrected chi connectivity index (χ2v) is 7.90. The largest absolute Gasteiger partial charge is 0.507 e. The van der Waals surface area contributed by atoms with E-state index in [1.165, 1.54) is 30.4 Å². The molecule has 3 aromatic rings. The predicted molar refractivity (Wildman–Crippen MR) is 108 cm³/mol. The lowest BCUT2D eigenvalue weighted by atomic mass is 9.95. The average Bonchev–Trinajstić information content (AvgIpc) is 3.32. The van der Waals surface area contributed by atoms with Crippen LogP contribution in [0.15, 0.2) is 36.4 Å². The van der Waals surface area contributed by atoms with Gasteiger partial charge in [-0.05, 0) is 30.0 Å². The predicted octanol–water partition coefficient (Wildman–Crippen LogP) is 4.17. The summed E-state index contributed by atoms with van der Waals surface area (Å²) < 4.78 is 0. The Bertz CT molecular complexity index is 1010. The Balaban J connectivity index is 1.43. The van der Waals surface area contributed by atoms with Gasteiger partial charge in [0.2, 0.25) is 0 Å². The minimum Gasteiger partial charge on any atom is -0.507 e. The standard InChI is InChI=1S/C22H24N4O2/c27-20-11-19-17(21(25-24-19)23-16-8-2-1-3-9-16)10-18(20)22(28)26-12-14-6-4-5-7-15(14)13-26/h4-7,10-11,16,27H,1-3,8-9,12-13H2,(H2,23,24,25). The fraction of sp³-hybridized carbons (Fsp3) is 0.364. The number of phenols is 1. The van der Waals surface area contributed by atoms with Gasteiger partial charge in [-0.1, -0.05) is 43.5 Å². The molecule has 1 aromatic heterocycles. The van der Waals surface area contributed by atoms with Crippen molar-refractivity contribution in [1.82, 2.24) is 15.1 Å². The molecule has 2 heterocycles. The molecule has 28 heavy (non-hydrogen) atoms. The first kappa shape index (κ1) is 17.1. The number of amides is 1. The van der Waals surface area contributed by atoms with Gasteiger partial charge in [0.1, 0.15) is 5.75 Å². The quantitative estimate of drug-likeness (QED) is 0.641. The molecule has 1 amide bonds. The van der Waals surface area contributed by atoms with E-state index in [1.54, 1.807) is 17.0 Å². The zero-order chi connectivity index (χ0) is 19.1. The number of benzene rings is 2. The molecule has 5 rings (SSSR count). The first-order valence-corrected chi connectivity index (χ1v) is 10.0. The number of fused-ring (bicyclic) bond motifs is 2. The van der Waals surface area contributed by atoms with E-state index in [4.69, 9.17) is 0 Å². The van der Waals surface area contributed by atoms with Crippen LogP contribution in [-0.4, -0.2) is 32.2 Å². The van der Waals surface area contributed by atoms with Crippen molar-refractivity contribution < 1.29 is 9.90 Å². The summed E-state index contributed by atoms with van der Waals surface area (Å²) in [5.41, 5.74) is 3.39. The highest BCUT2D eigenvalue weighted by molar-refractivity contribution is 6.03. The molecular weight excluding hydrogens is 352 g/mol. The molecule has 1 aliphatic carbocycles. The van der Waals surface area contributed by atoms with Crippen LogP contribution in [0.25, 0.3) is 10.9 Å². The minimum atomic E-state index is -0.152. The highest BCUT2D eigenvalue weighted by Crippen LogP contribution is 2.32. The van der Waals surface area contributed by atoms with Crippen molar-refractivity contribution in [3.05, 3.63) is 53.1 Å². The molecule has 0 radical (unpaired) electrons. The van der Waals surface area contributed by atoms with Crippen LogP contribution >= 0.6 is 0 Å². The van der Waals surface area contributed by atoms with Crippen LogP contribution in [0, 0.1) is 0 Å². The third-order valence-electron chi connectivity index (χ3n) is 5.98. The number of aromatic hydroxyl groups is 1. The summed E-state index contributed by atoms with van der Waals surface area (Å²) in [6.07, 6.45) is 6.05. The van der Waals surface area contributed by atoms with E-state index in [9.17, 15) is 9.90 Å². The minimum absolute atomic E-state index is 0.0127. The molecule has 0 bridgehead atoms. The highest BCUT2D eigenvalue weighted by atomic mass is 16.3. The zero-order valence-corrected chi connectivity index (χ0v) is 15.7. The maximum atomic E-state index is 13.1. The molecule has 1 saturated carbocycles. The van der Waals surface area contributed by atoms with Gasteiger partial charge in [0.15, 0.2) is 5.82 Å². The maximum Gasteiger partial charge on any atom is 0.258 e. The van der Waals surface area contributed by atoms with Crippen molar-refractivity contribution in [2.24, 2.45) is 0 Å². The van der Waals surface area contributed by atoms with Crippen LogP contribution in [0.3, 0.4) is 0 Å². The van der Waals surface area contributed by atoms with Crippen LogP contribution in [0.5, 0.6) is 5.75 Å².